The van der Waals surface area contributed by atoms with Crippen LogP contribution in [0.15, 0.2) is 53.5 Å². The molecule has 0 amide bonds. The number of aliphatic imine (C=N–C) groups is 1. The second-order valence-corrected chi connectivity index (χ2v) is 7.42. The molecule has 0 aromatic heterocycles. The van der Waals surface area contributed by atoms with E-state index in [0.29, 0.717) is 17.3 Å². The third-order valence-electron chi connectivity index (χ3n) is 5.11. The van der Waals surface area contributed by atoms with E-state index in [9.17, 15) is 0 Å². The lowest BCUT2D eigenvalue weighted by Crippen LogP contribution is -2.22. The number of aryl methyl sites for hydroxylation is 5. The molecule has 0 fully saturated rings. The fraction of sp³-hybridized carbons (Fsp3) is 0.208. The van der Waals surface area contributed by atoms with Crippen LogP contribution in [0.4, 0.5) is 17.1 Å². The monoisotopic (exact) mass is 372 g/mol. The topological polar surface area (TPSA) is 76.4 Å². The molecule has 0 aliphatic rings. The third-order valence-corrected chi connectivity index (χ3v) is 5.11. The Balaban J connectivity index is 1.94. The van der Waals surface area contributed by atoms with Gasteiger partial charge in [0.05, 0.1) is 11.4 Å². The highest BCUT2D eigenvalue weighted by molar-refractivity contribution is 5.95. The summed E-state index contributed by atoms with van der Waals surface area (Å²) < 4.78 is 0. The summed E-state index contributed by atoms with van der Waals surface area (Å²) in [4.78, 5) is 4.54. The molecule has 0 aliphatic heterocycles. The van der Waals surface area contributed by atoms with Crippen LogP contribution in [-0.2, 0) is 0 Å². The van der Waals surface area contributed by atoms with Crippen LogP contribution >= 0.6 is 0 Å². The van der Waals surface area contributed by atoms with Crippen LogP contribution in [0.25, 0.3) is 11.1 Å². The van der Waals surface area contributed by atoms with Crippen molar-refractivity contribution in [2.45, 2.75) is 34.6 Å². The summed E-state index contributed by atoms with van der Waals surface area (Å²) in [6.07, 6.45) is 0. The highest BCUT2D eigenvalue weighted by Crippen LogP contribution is 2.35. The lowest BCUT2D eigenvalue weighted by molar-refractivity contribution is 1.33. The highest BCUT2D eigenvalue weighted by Gasteiger charge is 2.11. The number of anilines is 2. The van der Waals surface area contributed by atoms with E-state index in [4.69, 9.17) is 11.5 Å². The second-order valence-electron chi connectivity index (χ2n) is 7.42. The summed E-state index contributed by atoms with van der Waals surface area (Å²) >= 11 is 0. The first-order valence-corrected chi connectivity index (χ1v) is 9.41. The van der Waals surface area contributed by atoms with E-state index in [2.05, 4.69) is 74.4 Å². The molecule has 0 heterocycles. The first kappa shape index (κ1) is 19.5. The van der Waals surface area contributed by atoms with Gasteiger partial charge in [-0.1, -0.05) is 24.3 Å². The van der Waals surface area contributed by atoms with Crippen LogP contribution in [0.3, 0.4) is 0 Å². The zero-order valence-electron chi connectivity index (χ0n) is 17.2. The number of hydrogen-bond acceptors (Lipinski definition) is 2. The van der Waals surface area contributed by atoms with Crippen LogP contribution in [0.5, 0.6) is 0 Å². The number of nitrogen functional groups attached to an aromatic ring is 1. The molecule has 3 aromatic rings. The van der Waals surface area contributed by atoms with Crippen LogP contribution < -0.4 is 16.8 Å². The normalized spacial score (nSPS) is 11.5. The first-order chi connectivity index (χ1) is 13.3. The van der Waals surface area contributed by atoms with Crippen LogP contribution in [0.2, 0.25) is 0 Å². The van der Waals surface area contributed by atoms with Crippen molar-refractivity contribution in [2.75, 3.05) is 11.1 Å². The van der Waals surface area contributed by atoms with Crippen molar-refractivity contribution in [1.29, 1.82) is 0 Å². The molecule has 0 aliphatic carbocycles. The summed E-state index contributed by atoms with van der Waals surface area (Å²) in [6, 6.07) is 16.5. The average molecular weight is 373 g/mol. The Morgan fingerprint density at radius 1 is 0.786 bits per heavy atom. The molecule has 3 aromatic carbocycles. The maximum Gasteiger partial charge on any atom is 0.198 e. The standard InChI is InChI=1S/C24H28N4/c1-14-9-10-20(12-17(14)4)27-24(26)28-23-18(5)11-19(13-21(23)25)22-15(2)7-6-8-16(22)3/h6-13H,25H2,1-5H3,(H3,26,27,28). The van der Waals surface area contributed by atoms with Crippen molar-refractivity contribution in [3.63, 3.8) is 0 Å². The van der Waals surface area contributed by atoms with Gasteiger partial charge in [-0.2, -0.15) is 0 Å². The van der Waals surface area contributed by atoms with Gasteiger partial charge in [-0.05, 0) is 97.8 Å². The molecule has 0 spiro atoms. The number of nitrogens with zero attached hydrogens (tertiary/aromatic N) is 1. The molecule has 0 saturated carbocycles. The summed E-state index contributed by atoms with van der Waals surface area (Å²) in [7, 11) is 0. The molecule has 0 bridgehead atoms. The number of rotatable bonds is 3. The molecule has 144 valence electrons. The quantitative estimate of drug-likeness (QED) is 0.321. The maximum absolute atomic E-state index is 6.35. The number of guanidine groups is 1. The smallest absolute Gasteiger partial charge is 0.198 e. The van der Waals surface area contributed by atoms with Gasteiger partial charge < -0.3 is 16.8 Å². The molecular weight excluding hydrogens is 344 g/mol. The molecular formula is C24H28N4. The Kier molecular flexibility index (Phi) is 5.41. The highest BCUT2D eigenvalue weighted by atomic mass is 15.1. The Morgan fingerprint density at radius 3 is 2.07 bits per heavy atom. The van der Waals surface area contributed by atoms with E-state index in [-0.39, 0.29) is 0 Å². The van der Waals surface area contributed by atoms with Crippen molar-refractivity contribution >= 4 is 23.0 Å². The minimum absolute atomic E-state index is 0.317. The van der Waals surface area contributed by atoms with Gasteiger partial charge >= 0.3 is 0 Å². The number of nitrogens with one attached hydrogen (secondary N) is 1. The van der Waals surface area contributed by atoms with Crippen molar-refractivity contribution in [3.8, 4) is 11.1 Å². The van der Waals surface area contributed by atoms with Crippen molar-refractivity contribution in [2.24, 2.45) is 10.7 Å². The predicted octanol–water partition coefficient (Wildman–Crippen LogP) is 5.54. The van der Waals surface area contributed by atoms with Gasteiger partial charge in [-0.15, -0.1) is 0 Å². The SMILES string of the molecule is Cc1ccc(NC(N)=Nc2c(C)cc(-c3c(C)cccc3C)cc2N)cc1C. The Bertz CT molecular complexity index is 1020. The fourth-order valence-corrected chi connectivity index (χ4v) is 3.49. The number of hydrogen-bond donors (Lipinski definition) is 3. The largest absolute Gasteiger partial charge is 0.397 e. The minimum atomic E-state index is 0.317. The summed E-state index contributed by atoms with van der Waals surface area (Å²) in [5.74, 6) is 0.317. The lowest BCUT2D eigenvalue weighted by atomic mass is 9.94. The fourth-order valence-electron chi connectivity index (χ4n) is 3.49. The van der Waals surface area contributed by atoms with Gasteiger partial charge in [0, 0.05) is 5.69 Å². The van der Waals surface area contributed by atoms with E-state index in [0.717, 1.165) is 16.8 Å². The average Bonchev–Trinajstić information content (AvgIpc) is 2.61. The number of benzene rings is 3. The van der Waals surface area contributed by atoms with Gasteiger partial charge in [0.15, 0.2) is 5.96 Å². The zero-order chi connectivity index (χ0) is 20.4. The molecule has 0 unspecified atom stereocenters. The van der Waals surface area contributed by atoms with Gasteiger partial charge in [0.1, 0.15) is 0 Å². The lowest BCUT2D eigenvalue weighted by Gasteiger charge is -2.14. The first-order valence-electron chi connectivity index (χ1n) is 9.41. The van der Waals surface area contributed by atoms with E-state index in [1.165, 1.54) is 27.8 Å². The molecule has 0 saturated heterocycles. The number of nitrogens with two attached hydrogens (primary N) is 2. The zero-order valence-corrected chi connectivity index (χ0v) is 17.2. The summed E-state index contributed by atoms with van der Waals surface area (Å²) in [5.41, 5.74) is 22.9. The molecule has 4 heteroatoms. The van der Waals surface area contributed by atoms with E-state index in [1.807, 2.05) is 19.1 Å². The second kappa shape index (κ2) is 7.77. The third kappa shape index (κ3) is 4.01. The van der Waals surface area contributed by atoms with Crippen LogP contribution in [-0.4, -0.2) is 5.96 Å². The van der Waals surface area contributed by atoms with Gasteiger partial charge in [0.25, 0.3) is 0 Å². The van der Waals surface area contributed by atoms with Gasteiger partial charge in [-0.3, -0.25) is 0 Å². The Labute approximate surface area is 167 Å². The summed E-state index contributed by atoms with van der Waals surface area (Å²) in [6.45, 7) is 10.4. The Hall–Kier alpha value is -3.27. The molecule has 4 nitrogen and oxygen atoms in total. The maximum atomic E-state index is 6.35. The molecule has 0 radical (unpaired) electrons. The van der Waals surface area contributed by atoms with Crippen molar-refractivity contribution < 1.29 is 0 Å². The van der Waals surface area contributed by atoms with E-state index < -0.39 is 0 Å². The molecule has 3 rings (SSSR count). The molecule has 0 atom stereocenters. The van der Waals surface area contributed by atoms with E-state index >= 15 is 0 Å². The van der Waals surface area contributed by atoms with Crippen LogP contribution in [0, 0.1) is 34.6 Å². The Morgan fingerprint density at radius 2 is 1.46 bits per heavy atom. The molecule has 28 heavy (non-hydrogen) atoms. The van der Waals surface area contributed by atoms with Crippen molar-refractivity contribution in [1.82, 2.24) is 0 Å². The van der Waals surface area contributed by atoms with Crippen molar-refractivity contribution in [3.05, 3.63) is 76.3 Å². The summed E-state index contributed by atoms with van der Waals surface area (Å²) in [5, 5.41) is 3.15. The minimum Gasteiger partial charge on any atom is -0.397 e. The van der Waals surface area contributed by atoms with E-state index in [1.54, 1.807) is 0 Å². The van der Waals surface area contributed by atoms with Crippen LogP contribution in [0.1, 0.15) is 27.8 Å². The van der Waals surface area contributed by atoms with Gasteiger partial charge in [0.2, 0.25) is 0 Å². The van der Waals surface area contributed by atoms with Gasteiger partial charge in [-0.25, -0.2) is 4.99 Å². The predicted molar refractivity (Wildman–Crippen MR) is 121 cm³/mol. The molecule has 5 N–H and O–H groups in total.